The highest BCUT2D eigenvalue weighted by Crippen LogP contribution is 2.24. The minimum absolute atomic E-state index is 0.485. The first-order valence-electron chi connectivity index (χ1n) is 6.45. The SMILES string of the molecule is COCc1ccc(-c2nc(CNC(C)C)cs2)cc1. The maximum atomic E-state index is 5.11. The molecule has 2 rings (SSSR count). The van der Waals surface area contributed by atoms with Gasteiger partial charge in [-0.15, -0.1) is 11.3 Å². The van der Waals surface area contributed by atoms with E-state index in [2.05, 4.69) is 53.8 Å². The molecule has 3 nitrogen and oxygen atoms in total. The van der Waals surface area contributed by atoms with Crippen molar-refractivity contribution < 1.29 is 4.74 Å². The number of nitrogens with one attached hydrogen (secondary N) is 1. The van der Waals surface area contributed by atoms with Crippen LogP contribution >= 0.6 is 11.3 Å². The average molecular weight is 276 g/mol. The third-order valence-corrected chi connectivity index (χ3v) is 3.70. The maximum absolute atomic E-state index is 5.11. The van der Waals surface area contributed by atoms with Crippen LogP contribution in [0.1, 0.15) is 25.1 Å². The minimum Gasteiger partial charge on any atom is -0.380 e. The van der Waals surface area contributed by atoms with Crippen molar-refractivity contribution in [2.75, 3.05) is 7.11 Å². The Labute approximate surface area is 118 Å². The first kappa shape index (κ1) is 14.2. The Kier molecular flexibility index (Phi) is 5.07. The van der Waals surface area contributed by atoms with Gasteiger partial charge in [-0.2, -0.15) is 0 Å². The summed E-state index contributed by atoms with van der Waals surface area (Å²) in [5.41, 5.74) is 3.46. The van der Waals surface area contributed by atoms with Gasteiger partial charge in [0.15, 0.2) is 0 Å². The van der Waals surface area contributed by atoms with Gasteiger partial charge in [0.2, 0.25) is 0 Å². The van der Waals surface area contributed by atoms with E-state index in [0.717, 1.165) is 17.2 Å². The monoisotopic (exact) mass is 276 g/mol. The van der Waals surface area contributed by atoms with Crippen LogP contribution in [0, 0.1) is 0 Å². The molecule has 0 aliphatic rings. The summed E-state index contributed by atoms with van der Waals surface area (Å²) in [6.07, 6.45) is 0. The molecular formula is C15H20N2OS. The molecule has 0 fully saturated rings. The molecule has 0 spiro atoms. The fourth-order valence-electron chi connectivity index (χ4n) is 1.74. The van der Waals surface area contributed by atoms with Crippen LogP contribution in [0.25, 0.3) is 10.6 Å². The zero-order valence-corrected chi connectivity index (χ0v) is 12.5. The lowest BCUT2D eigenvalue weighted by atomic mass is 10.1. The molecule has 1 N–H and O–H groups in total. The lowest BCUT2D eigenvalue weighted by molar-refractivity contribution is 0.185. The summed E-state index contributed by atoms with van der Waals surface area (Å²) in [7, 11) is 1.71. The molecule has 1 heterocycles. The molecule has 19 heavy (non-hydrogen) atoms. The standard InChI is InChI=1S/C15H20N2OS/c1-11(2)16-8-14-10-19-15(17-14)13-6-4-12(5-7-13)9-18-3/h4-7,10-11,16H,8-9H2,1-3H3. The van der Waals surface area contributed by atoms with E-state index in [-0.39, 0.29) is 0 Å². The summed E-state index contributed by atoms with van der Waals surface area (Å²) in [6, 6.07) is 8.87. The van der Waals surface area contributed by atoms with Crippen LogP contribution in [-0.2, 0) is 17.9 Å². The summed E-state index contributed by atoms with van der Waals surface area (Å²) in [5.74, 6) is 0. The molecule has 0 saturated carbocycles. The molecule has 2 aromatic rings. The Hall–Kier alpha value is -1.23. The van der Waals surface area contributed by atoms with Gasteiger partial charge >= 0.3 is 0 Å². The minimum atomic E-state index is 0.485. The van der Waals surface area contributed by atoms with Crippen LogP contribution in [0.4, 0.5) is 0 Å². The van der Waals surface area contributed by atoms with E-state index in [0.29, 0.717) is 12.6 Å². The Morgan fingerprint density at radius 2 is 2.00 bits per heavy atom. The smallest absolute Gasteiger partial charge is 0.123 e. The fourth-order valence-corrected chi connectivity index (χ4v) is 2.57. The highest BCUT2D eigenvalue weighted by atomic mass is 32.1. The molecule has 1 aromatic carbocycles. The summed E-state index contributed by atoms with van der Waals surface area (Å²) >= 11 is 1.69. The highest BCUT2D eigenvalue weighted by Gasteiger charge is 2.05. The third kappa shape index (κ3) is 4.13. The van der Waals surface area contributed by atoms with E-state index in [9.17, 15) is 0 Å². The predicted molar refractivity (Wildman–Crippen MR) is 80.2 cm³/mol. The van der Waals surface area contributed by atoms with Gasteiger partial charge in [0, 0.05) is 30.6 Å². The molecule has 4 heteroatoms. The number of nitrogens with zero attached hydrogens (tertiary/aromatic N) is 1. The van der Waals surface area contributed by atoms with Crippen molar-refractivity contribution in [2.45, 2.75) is 33.0 Å². The first-order chi connectivity index (χ1) is 9.19. The zero-order chi connectivity index (χ0) is 13.7. The Balaban J connectivity index is 2.05. The van der Waals surface area contributed by atoms with Gasteiger partial charge in [-0.25, -0.2) is 4.98 Å². The maximum Gasteiger partial charge on any atom is 0.123 e. The third-order valence-electron chi connectivity index (χ3n) is 2.76. The second-order valence-electron chi connectivity index (χ2n) is 4.81. The molecule has 0 aliphatic carbocycles. The number of ether oxygens (including phenoxy) is 1. The summed E-state index contributed by atoms with van der Waals surface area (Å²) in [6.45, 7) is 5.77. The van der Waals surface area contributed by atoms with Crippen molar-refractivity contribution in [3.63, 3.8) is 0 Å². The van der Waals surface area contributed by atoms with Crippen molar-refractivity contribution in [1.82, 2.24) is 10.3 Å². The largest absolute Gasteiger partial charge is 0.380 e. The predicted octanol–water partition coefficient (Wildman–Crippen LogP) is 3.45. The quantitative estimate of drug-likeness (QED) is 0.877. The molecular weight excluding hydrogens is 256 g/mol. The first-order valence-corrected chi connectivity index (χ1v) is 7.33. The van der Waals surface area contributed by atoms with Crippen molar-refractivity contribution in [1.29, 1.82) is 0 Å². The van der Waals surface area contributed by atoms with Gasteiger partial charge < -0.3 is 10.1 Å². The van der Waals surface area contributed by atoms with E-state index >= 15 is 0 Å². The lowest BCUT2D eigenvalue weighted by Gasteiger charge is -2.04. The van der Waals surface area contributed by atoms with Crippen molar-refractivity contribution in [2.24, 2.45) is 0 Å². The number of benzene rings is 1. The lowest BCUT2D eigenvalue weighted by Crippen LogP contribution is -2.21. The second-order valence-corrected chi connectivity index (χ2v) is 5.67. The van der Waals surface area contributed by atoms with E-state index in [1.54, 1.807) is 18.4 Å². The fraction of sp³-hybridized carbons (Fsp3) is 0.400. The molecule has 0 saturated heterocycles. The highest BCUT2D eigenvalue weighted by molar-refractivity contribution is 7.13. The van der Waals surface area contributed by atoms with E-state index in [4.69, 9.17) is 4.74 Å². The van der Waals surface area contributed by atoms with E-state index in [1.807, 2.05) is 0 Å². The average Bonchev–Trinajstić information content (AvgIpc) is 2.86. The second kappa shape index (κ2) is 6.80. The van der Waals surface area contributed by atoms with Gasteiger partial charge in [-0.1, -0.05) is 38.1 Å². The van der Waals surface area contributed by atoms with Crippen molar-refractivity contribution >= 4 is 11.3 Å². The Morgan fingerprint density at radius 1 is 1.26 bits per heavy atom. The zero-order valence-electron chi connectivity index (χ0n) is 11.6. The topological polar surface area (TPSA) is 34.1 Å². The molecule has 0 radical (unpaired) electrons. The van der Waals surface area contributed by atoms with Gasteiger partial charge in [-0.3, -0.25) is 0 Å². The van der Waals surface area contributed by atoms with Crippen LogP contribution in [0.5, 0.6) is 0 Å². The summed E-state index contributed by atoms with van der Waals surface area (Å²) in [5, 5.41) is 6.57. The normalized spacial score (nSPS) is 11.2. The molecule has 1 aromatic heterocycles. The van der Waals surface area contributed by atoms with E-state index < -0.39 is 0 Å². The van der Waals surface area contributed by atoms with Crippen molar-refractivity contribution in [3.8, 4) is 10.6 Å². The van der Waals surface area contributed by atoms with E-state index in [1.165, 1.54) is 11.1 Å². The molecule has 0 unspecified atom stereocenters. The van der Waals surface area contributed by atoms with Crippen LogP contribution < -0.4 is 5.32 Å². The Morgan fingerprint density at radius 3 is 2.63 bits per heavy atom. The van der Waals surface area contributed by atoms with Crippen LogP contribution in [-0.4, -0.2) is 18.1 Å². The number of thiazole rings is 1. The number of methoxy groups -OCH3 is 1. The van der Waals surface area contributed by atoms with Gasteiger partial charge in [0.1, 0.15) is 5.01 Å². The number of hydrogen-bond acceptors (Lipinski definition) is 4. The summed E-state index contributed by atoms with van der Waals surface area (Å²) < 4.78 is 5.11. The summed E-state index contributed by atoms with van der Waals surface area (Å²) in [4.78, 5) is 4.65. The molecule has 0 aliphatic heterocycles. The van der Waals surface area contributed by atoms with Crippen LogP contribution in [0.3, 0.4) is 0 Å². The molecule has 0 bridgehead atoms. The molecule has 0 atom stereocenters. The van der Waals surface area contributed by atoms with Gasteiger partial charge in [0.05, 0.1) is 12.3 Å². The van der Waals surface area contributed by atoms with Gasteiger partial charge in [0.25, 0.3) is 0 Å². The number of rotatable bonds is 6. The van der Waals surface area contributed by atoms with Crippen molar-refractivity contribution in [3.05, 3.63) is 40.9 Å². The molecule has 102 valence electrons. The van der Waals surface area contributed by atoms with Crippen LogP contribution in [0.2, 0.25) is 0 Å². The van der Waals surface area contributed by atoms with Gasteiger partial charge in [-0.05, 0) is 5.56 Å². The number of aromatic nitrogens is 1. The van der Waals surface area contributed by atoms with Crippen LogP contribution in [0.15, 0.2) is 29.6 Å². The Bertz CT molecular complexity index is 505. The molecule has 0 amide bonds. The number of hydrogen-bond donors (Lipinski definition) is 1.